The van der Waals surface area contributed by atoms with Crippen LogP contribution in [0.15, 0.2) is 48.5 Å². The molecular formula is C19H17F2N3O3. The van der Waals surface area contributed by atoms with Crippen molar-refractivity contribution in [3.05, 3.63) is 65.7 Å². The van der Waals surface area contributed by atoms with Gasteiger partial charge in [0.25, 0.3) is 5.91 Å². The second-order valence-electron chi connectivity index (χ2n) is 6.09. The molecule has 1 heterocycles. The number of carbonyl (C=O) groups is 3. The molecule has 0 bridgehead atoms. The topological polar surface area (TPSA) is 78.5 Å². The molecule has 3 rings (SSSR count). The molecule has 0 aliphatic carbocycles. The van der Waals surface area contributed by atoms with Gasteiger partial charge in [-0.15, -0.1) is 0 Å². The first-order valence-electron chi connectivity index (χ1n) is 8.32. The fourth-order valence-electron chi connectivity index (χ4n) is 3.07. The lowest BCUT2D eigenvalue weighted by Gasteiger charge is -2.25. The van der Waals surface area contributed by atoms with Gasteiger partial charge >= 0.3 is 6.03 Å². The van der Waals surface area contributed by atoms with E-state index in [1.807, 2.05) is 0 Å². The van der Waals surface area contributed by atoms with E-state index in [-0.39, 0.29) is 6.42 Å². The Kier molecular flexibility index (Phi) is 4.89. The van der Waals surface area contributed by atoms with Crippen LogP contribution in [-0.2, 0) is 15.1 Å². The molecular weight excluding hydrogens is 356 g/mol. The van der Waals surface area contributed by atoms with Gasteiger partial charge in [-0.1, -0.05) is 43.3 Å². The first-order chi connectivity index (χ1) is 12.9. The first-order valence-corrected chi connectivity index (χ1v) is 8.32. The molecule has 2 aromatic carbocycles. The van der Waals surface area contributed by atoms with E-state index in [1.165, 1.54) is 0 Å². The number of hydrogen-bond donors (Lipinski definition) is 2. The van der Waals surface area contributed by atoms with Crippen LogP contribution in [0.4, 0.5) is 19.3 Å². The number of nitrogens with zero attached hydrogens (tertiary/aromatic N) is 1. The highest BCUT2D eigenvalue weighted by molar-refractivity contribution is 6.10. The number of urea groups is 1. The van der Waals surface area contributed by atoms with Crippen molar-refractivity contribution < 1.29 is 23.2 Å². The Morgan fingerprint density at radius 2 is 1.70 bits per heavy atom. The maximum Gasteiger partial charge on any atom is 0.325 e. The fourth-order valence-corrected chi connectivity index (χ4v) is 3.07. The Labute approximate surface area is 154 Å². The largest absolute Gasteiger partial charge is 0.325 e. The lowest BCUT2D eigenvalue weighted by Crippen LogP contribution is -2.44. The summed E-state index contributed by atoms with van der Waals surface area (Å²) >= 11 is 0. The zero-order chi connectivity index (χ0) is 19.6. The van der Waals surface area contributed by atoms with Crippen molar-refractivity contribution in [1.29, 1.82) is 0 Å². The van der Waals surface area contributed by atoms with E-state index in [1.54, 1.807) is 37.3 Å². The van der Waals surface area contributed by atoms with Gasteiger partial charge in [0.15, 0.2) is 0 Å². The molecule has 27 heavy (non-hydrogen) atoms. The van der Waals surface area contributed by atoms with Crippen molar-refractivity contribution in [3.63, 3.8) is 0 Å². The van der Waals surface area contributed by atoms with Crippen molar-refractivity contribution in [2.75, 3.05) is 11.9 Å². The van der Waals surface area contributed by atoms with Crippen LogP contribution >= 0.6 is 0 Å². The number of halogens is 2. The van der Waals surface area contributed by atoms with Gasteiger partial charge in [-0.05, 0) is 24.1 Å². The van der Waals surface area contributed by atoms with Crippen LogP contribution < -0.4 is 10.6 Å². The molecule has 2 N–H and O–H groups in total. The number of para-hydroxylation sites is 1. The number of imide groups is 1. The zero-order valence-corrected chi connectivity index (χ0v) is 14.5. The molecule has 0 unspecified atom stereocenters. The lowest BCUT2D eigenvalue weighted by molar-refractivity contribution is -0.134. The molecule has 0 radical (unpaired) electrons. The normalized spacial score (nSPS) is 19.1. The van der Waals surface area contributed by atoms with Crippen molar-refractivity contribution in [1.82, 2.24) is 10.2 Å². The average Bonchev–Trinajstić information content (AvgIpc) is 2.90. The van der Waals surface area contributed by atoms with Gasteiger partial charge in [0.05, 0.1) is 0 Å². The zero-order valence-electron chi connectivity index (χ0n) is 14.5. The average molecular weight is 373 g/mol. The highest BCUT2D eigenvalue weighted by Crippen LogP contribution is 2.32. The summed E-state index contributed by atoms with van der Waals surface area (Å²) in [5.41, 5.74) is -1.31. The third-order valence-corrected chi connectivity index (χ3v) is 4.50. The summed E-state index contributed by atoms with van der Waals surface area (Å²) in [6.45, 7) is 1.08. The van der Waals surface area contributed by atoms with Crippen molar-refractivity contribution in [2.24, 2.45) is 0 Å². The Hall–Kier alpha value is -3.29. The molecule has 2 aromatic rings. The van der Waals surface area contributed by atoms with Gasteiger partial charge < -0.3 is 10.6 Å². The number of hydrogen-bond acceptors (Lipinski definition) is 3. The summed E-state index contributed by atoms with van der Waals surface area (Å²) in [5.74, 6) is -3.38. The molecule has 1 atom stereocenters. The molecule has 0 spiro atoms. The molecule has 140 valence electrons. The van der Waals surface area contributed by atoms with Gasteiger partial charge in [-0.2, -0.15) is 0 Å². The number of nitrogens with one attached hydrogen (secondary N) is 2. The maximum atomic E-state index is 13.7. The van der Waals surface area contributed by atoms with Crippen molar-refractivity contribution in [3.8, 4) is 0 Å². The van der Waals surface area contributed by atoms with Crippen LogP contribution in [0.3, 0.4) is 0 Å². The van der Waals surface area contributed by atoms with Crippen LogP contribution in [0.2, 0.25) is 0 Å². The number of benzene rings is 2. The minimum atomic E-state index is -1.28. The van der Waals surface area contributed by atoms with E-state index < -0.39 is 47.3 Å². The molecule has 0 saturated carbocycles. The molecule has 1 fully saturated rings. The maximum absolute atomic E-state index is 13.7. The molecule has 4 amide bonds. The van der Waals surface area contributed by atoms with Gasteiger partial charge in [-0.3, -0.25) is 14.5 Å². The van der Waals surface area contributed by atoms with Crippen molar-refractivity contribution >= 4 is 23.5 Å². The smallest absolute Gasteiger partial charge is 0.320 e. The molecule has 1 saturated heterocycles. The number of rotatable bonds is 5. The van der Waals surface area contributed by atoms with Crippen molar-refractivity contribution in [2.45, 2.75) is 18.9 Å². The van der Waals surface area contributed by atoms with Crippen LogP contribution in [0.25, 0.3) is 0 Å². The van der Waals surface area contributed by atoms with Gasteiger partial charge in [-0.25, -0.2) is 13.6 Å². The summed E-state index contributed by atoms with van der Waals surface area (Å²) in [7, 11) is 0. The van der Waals surface area contributed by atoms with Gasteiger partial charge in [0.1, 0.15) is 29.4 Å². The van der Waals surface area contributed by atoms with Crippen LogP contribution in [0, 0.1) is 11.6 Å². The third kappa shape index (κ3) is 3.25. The summed E-state index contributed by atoms with van der Waals surface area (Å²) < 4.78 is 27.3. The quantitative estimate of drug-likeness (QED) is 0.791. The number of carbonyl (C=O) groups excluding carboxylic acids is 3. The third-order valence-electron chi connectivity index (χ3n) is 4.50. The summed E-state index contributed by atoms with van der Waals surface area (Å²) in [5, 5.41) is 4.70. The summed E-state index contributed by atoms with van der Waals surface area (Å²) in [4.78, 5) is 38.1. The van der Waals surface area contributed by atoms with E-state index in [2.05, 4.69) is 10.6 Å². The summed E-state index contributed by atoms with van der Waals surface area (Å²) in [6.07, 6.45) is 0.279. The summed E-state index contributed by atoms with van der Waals surface area (Å²) in [6, 6.07) is 11.1. The van der Waals surface area contributed by atoms with E-state index in [0.717, 1.165) is 23.1 Å². The molecule has 1 aliphatic rings. The second-order valence-corrected chi connectivity index (χ2v) is 6.09. The molecule has 6 nitrogen and oxygen atoms in total. The Morgan fingerprint density at radius 3 is 2.30 bits per heavy atom. The predicted molar refractivity (Wildman–Crippen MR) is 93.6 cm³/mol. The Morgan fingerprint density at radius 1 is 1.07 bits per heavy atom. The minimum absolute atomic E-state index is 0.279. The SMILES string of the molecule is CC[C@]1(c2ccccc2)NC(=O)N(CC(=O)Nc2c(F)cccc2F)C1=O. The Balaban J connectivity index is 1.81. The fraction of sp³-hybridized carbons (Fsp3) is 0.211. The molecule has 1 aliphatic heterocycles. The van der Waals surface area contributed by atoms with Gasteiger partial charge in [0.2, 0.25) is 5.91 Å². The van der Waals surface area contributed by atoms with Crippen LogP contribution in [0.1, 0.15) is 18.9 Å². The highest BCUT2D eigenvalue weighted by atomic mass is 19.1. The monoisotopic (exact) mass is 373 g/mol. The van der Waals surface area contributed by atoms with E-state index in [4.69, 9.17) is 0 Å². The lowest BCUT2D eigenvalue weighted by atomic mass is 9.87. The molecule has 8 heteroatoms. The Bertz CT molecular complexity index is 884. The number of amides is 4. The highest BCUT2D eigenvalue weighted by Gasteiger charge is 2.51. The van der Waals surface area contributed by atoms with E-state index in [9.17, 15) is 23.2 Å². The predicted octanol–water partition coefficient (Wildman–Crippen LogP) is 2.76. The van der Waals surface area contributed by atoms with E-state index in [0.29, 0.717) is 5.56 Å². The first kappa shape index (κ1) is 18.5. The molecule has 0 aromatic heterocycles. The van der Waals surface area contributed by atoms with Gasteiger partial charge in [0, 0.05) is 0 Å². The van der Waals surface area contributed by atoms with Crippen LogP contribution in [-0.4, -0.2) is 29.3 Å². The standard InChI is InChI=1S/C19H17F2N3O3/c1-2-19(12-7-4-3-5-8-12)17(26)24(18(27)23-19)11-15(25)22-16-13(20)9-6-10-14(16)21/h3-10H,2,11H2,1H3,(H,22,25)(H,23,27)/t19-/m1/s1. The van der Waals surface area contributed by atoms with E-state index >= 15 is 0 Å². The van der Waals surface area contributed by atoms with Crippen LogP contribution in [0.5, 0.6) is 0 Å². The minimum Gasteiger partial charge on any atom is -0.320 e. The number of anilines is 1. The second kappa shape index (κ2) is 7.14.